The topological polar surface area (TPSA) is 35.9 Å². The monoisotopic (exact) mass is 821 g/mol. The van der Waals surface area contributed by atoms with Gasteiger partial charge in [0.2, 0.25) is 0 Å². The molecule has 318 valence electrons. The van der Waals surface area contributed by atoms with E-state index in [1.54, 1.807) is 0 Å². The van der Waals surface area contributed by atoms with Gasteiger partial charge in [-0.25, -0.2) is 4.98 Å². The highest BCUT2D eigenvalue weighted by atomic mass is 16.5. The van der Waals surface area contributed by atoms with Crippen molar-refractivity contribution in [2.45, 2.75) is 125 Å². The van der Waals surface area contributed by atoms with Crippen molar-refractivity contribution in [3.8, 4) is 39.8 Å². The Labute approximate surface area is 370 Å². The van der Waals surface area contributed by atoms with Gasteiger partial charge < -0.3 is 4.74 Å². The van der Waals surface area contributed by atoms with Crippen LogP contribution in [0.2, 0.25) is 0 Å². The Morgan fingerprint density at radius 3 is 1.89 bits per heavy atom. The second kappa shape index (κ2) is 15.4. The van der Waals surface area contributed by atoms with Gasteiger partial charge in [-0.1, -0.05) is 145 Å². The first kappa shape index (κ1) is 42.7. The van der Waals surface area contributed by atoms with Gasteiger partial charge in [0.15, 0.2) is 0 Å². The first-order chi connectivity index (χ1) is 29.1. The lowest BCUT2D eigenvalue weighted by Crippen LogP contribution is -2.39. The first-order valence-electron chi connectivity index (χ1n) is 22.2. The standard InChI is InChI=1S/C57H64N4O/c1-37(2)46-19-15-16-20-47(46)38-27-42(59-35-52(57(12,13)14)60(36-59)43-30-40(55(6,7)8)29-41(31-43)56(9,10)11)33-45(28-38)62-44-23-24-49-48-21-17-18-22-50(48)61(51(49)34-44)53-32-39(25-26-58-53)54(3,4)5/h15-35,37H,1-14H3. The smallest absolute Gasteiger partial charge is 0.269 e. The van der Waals surface area contributed by atoms with Gasteiger partial charge >= 0.3 is 0 Å². The Hall–Kier alpha value is -5.94. The van der Waals surface area contributed by atoms with Crippen molar-refractivity contribution in [2.75, 3.05) is 0 Å². The molecule has 0 atom stereocenters. The quantitative estimate of drug-likeness (QED) is 0.119. The van der Waals surface area contributed by atoms with Crippen LogP contribution in [0.25, 0.3) is 50.1 Å². The van der Waals surface area contributed by atoms with Crippen LogP contribution in [0.4, 0.5) is 0 Å². The molecule has 3 aromatic heterocycles. The van der Waals surface area contributed by atoms with Crippen LogP contribution in [0, 0.1) is 6.33 Å². The number of para-hydroxylation sites is 1. The van der Waals surface area contributed by atoms with Crippen LogP contribution in [0.15, 0.2) is 128 Å². The molecule has 0 fully saturated rings. The summed E-state index contributed by atoms with van der Waals surface area (Å²) >= 11 is 0. The summed E-state index contributed by atoms with van der Waals surface area (Å²) in [6.07, 6.45) is 8.01. The largest absolute Gasteiger partial charge is 0.458 e. The highest BCUT2D eigenvalue weighted by molar-refractivity contribution is 6.09. The summed E-state index contributed by atoms with van der Waals surface area (Å²) in [4.78, 5) is 4.92. The molecule has 62 heavy (non-hydrogen) atoms. The van der Waals surface area contributed by atoms with Crippen molar-refractivity contribution in [1.29, 1.82) is 0 Å². The lowest BCUT2D eigenvalue weighted by atomic mass is 9.80. The number of ether oxygens (including phenoxy) is 1. The third kappa shape index (κ3) is 8.34. The summed E-state index contributed by atoms with van der Waals surface area (Å²) in [5, 5.41) is 2.34. The maximum atomic E-state index is 7.00. The first-order valence-corrected chi connectivity index (χ1v) is 22.2. The molecule has 0 aliphatic rings. The molecule has 3 heterocycles. The molecule has 8 aromatic rings. The Balaban J connectivity index is 1.31. The van der Waals surface area contributed by atoms with Crippen LogP contribution in [0.3, 0.4) is 0 Å². The minimum absolute atomic E-state index is 0.0163. The SMILES string of the molecule is CC(C)c1ccccc1-c1cc(Oc2ccc3c4ccccc4n(-c4cc(C(C)(C)C)ccn4)c3c2)cc(-n2[c-][n+](-c3cc(C(C)(C)C)cc(C(C)(C)C)c3)c(C(C)(C)C)c2)c1. The number of rotatable bonds is 7. The summed E-state index contributed by atoms with van der Waals surface area (Å²) in [6, 6.07) is 41.8. The predicted molar refractivity (Wildman–Crippen MR) is 259 cm³/mol. The molecule has 0 saturated carbocycles. The summed E-state index contributed by atoms with van der Waals surface area (Å²) < 4.78 is 13.7. The van der Waals surface area contributed by atoms with Crippen LogP contribution < -0.4 is 9.30 Å². The zero-order valence-corrected chi connectivity index (χ0v) is 39.4. The third-order valence-corrected chi connectivity index (χ3v) is 12.2. The van der Waals surface area contributed by atoms with E-state index < -0.39 is 0 Å². The van der Waals surface area contributed by atoms with E-state index in [1.165, 1.54) is 38.9 Å². The molecule has 0 saturated heterocycles. The van der Waals surface area contributed by atoms with E-state index in [0.29, 0.717) is 5.92 Å². The fourth-order valence-electron chi connectivity index (χ4n) is 8.44. The van der Waals surface area contributed by atoms with Crippen molar-refractivity contribution in [2.24, 2.45) is 0 Å². The van der Waals surface area contributed by atoms with Gasteiger partial charge in [0, 0.05) is 29.2 Å². The number of hydrogen-bond acceptors (Lipinski definition) is 2. The number of aromatic nitrogens is 4. The highest BCUT2D eigenvalue weighted by Gasteiger charge is 2.26. The normalized spacial score (nSPS) is 12.8. The van der Waals surface area contributed by atoms with Gasteiger partial charge in [0.25, 0.3) is 6.33 Å². The van der Waals surface area contributed by atoms with E-state index >= 15 is 0 Å². The molecule has 5 nitrogen and oxygen atoms in total. The zero-order valence-electron chi connectivity index (χ0n) is 39.4. The highest BCUT2D eigenvalue weighted by Crippen LogP contribution is 2.39. The molecular weight excluding hydrogens is 757 g/mol. The molecule has 5 heteroatoms. The number of benzene rings is 5. The minimum Gasteiger partial charge on any atom is -0.458 e. The van der Waals surface area contributed by atoms with Crippen molar-refractivity contribution in [3.63, 3.8) is 0 Å². The fraction of sp³-hybridized carbons (Fsp3) is 0.333. The molecule has 0 aliphatic carbocycles. The molecule has 0 bridgehead atoms. The lowest BCUT2D eigenvalue weighted by Gasteiger charge is -2.27. The van der Waals surface area contributed by atoms with Crippen molar-refractivity contribution >= 4 is 21.8 Å². The van der Waals surface area contributed by atoms with Crippen LogP contribution >= 0.6 is 0 Å². The molecule has 0 spiro atoms. The summed E-state index contributed by atoms with van der Waals surface area (Å²) in [5.74, 6) is 2.74. The average Bonchev–Trinajstić information content (AvgIpc) is 3.81. The number of fused-ring (bicyclic) bond motifs is 3. The van der Waals surface area contributed by atoms with E-state index in [1.807, 2.05) is 6.20 Å². The molecule has 5 aromatic carbocycles. The Morgan fingerprint density at radius 1 is 0.581 bits per heavy atom. The van der Waals surface area contributed by atoms with E-state index in [4.69, 9.17) is 9.72 Å². The van der Waals surface area contributed by atoms with Crippen LogP contribution in [0.1, 0.15) is 131 Å². The van der Waals surface area contributed by atoms with Crippen LogP contribution in [0.5, 0.6) is 11.5 Å². The van der Waals surface area contributed by atoms with Gasteiger partial charge in [0.1, 0.15) is 17.3 Å². The average molecular weight is 821 g/mol. The summed E-state index contributed by atoms with van der Waals surface area (Å²) in [5.41, 5.74) is 12.6. The van der Waals surface area contributed by atoms with Gasteiger partial charge in [-0.15, -0.1) is 0 Å². The van der Waals surface area contributed by atoms with Crippen LogP contribution in [-0.2, 0) is 21.7 Å². The second-order valence-corrected chi connectivity index (χ2v) is 21.6. The van der Waals surface area contributed by atoms with Crippen molar-refractivity contribution < 1.29 is 9.30 Å². The van der Waals surface area contributed by atoms with Gasteiger partial charge in [-0.05, 0) is 122 Å². The van der Waals surface area contributed by atoms with E-state index in [-0.39, 0.29) is 21.7 Å². The van der Waals surface area contributed by atoms with Gasteiger partial charge in [-0.2, -0.15) is 0 Å². The molecular formula is C57H64N4O. The predicted octanol–water partition coefficient (Wildman–Crippen LogP) is 14.8. The van der Waals surface area contributed by atoms with E-state index in [2.05, 4.69) is 238 Å². The maximum absolute atomic E-state index is 7.00. The molecule has 0 aliphatic heterocycles. The molecule has 0 amide bonds. The summed E-state index contributed by atoms with van der Waals surface area (Å²) in [7, 11) is 0. The number of pyridine rings is 1. The Bertz CT molecular complexity index is 2920. The number of hydrogen-bond donors (Lipinski definition) is 0. The number of imidazole rings is 1. The van der Waals surface area contributed by atoms with Gasteiger partial charge in [0.05, 0.1) is 28.1 Å². The maximum Gasteiger partial charge on any atom is 0.269 e. The number of nitrogens with zero attached hydrogens (tertiary/aromatic N) is 4. The zero-order chi connectivity index (χ0) is 44.5. The van der Waals surface area contributed by atoms with Crippen molar-refractivity contribution in [1.82, 2.24) is 14.1 Å². The lowest BCUT2D eigenvalue weighted by molar-refractivity contribution is -0.611. The molecule has 0 unspecified atom stereocenters. The van der Waals surface area contributed by atoms with Gasteiger partial charge in [-0.3, -0.25) is 13.7 Å². The van der Waals surface area contributed by atoms with Crippen molar-refractivity contribution in [3.05, 3.63) is 162 Å². The van der Waals surface area contributed by atoms with E-state index in [9.17, 15) is 0 Å². The molecule has 8 rings (SSSR count). The third-order valence-electron chi connectivity index (χ3n) is 12.2. The van der Waals surface area contributed by atoms with Crippen LogP contribution in [-0.4, -0.2) is 14.1 Å². The molecule has 0 N–H and O–H groups in total. The second-order valence-electron chi connectivity index (χ2n) is 21.6. The fourth-order valence-corrected chi connectivity index (χ4v) is 8.44. The Kier molecular flexibility index (Phi) is 10.6. The van der Waals surface area contributed by atoms with E-state index in [0.717, 1.165) is 50.7 Å². The Morgan fingerprint density at radius 2 is 1.23 bits per heavy atom. The minimum atomic E-state index is -0.169. The molecule has 0 radical (unpaired) electrons. The summed E-state index contributed by atoms with van der Waals surface area (Å²) in [6.45, 7) is 31.9.